The van der Waals surface area contributed by atoms with Gasteiger partial charge in [-0.2, -0.15) is 0 Å². The average molecular weight is 302 g/mol. The van der Waals surface area contributed by atoms with Crippen LogP contribution in [0.3, 0.4) is 0 Å². The number of imidazole rings is 1. The first-order valence-electron chi connectivity index (χ1n) is 6.38. The third-order valence-electron chi connectivity index (χ3n) is 3.03. The Bertz CT molecular complexity index is 750. The SMILES string of the molecule is CC(NC(=O)c1ccc(Cl)nn1)c1nc2ccccc2[nH]1. The minimum absolute atomic E-state index is 0.211. The lowest BCUT2D eigenvalue weighted by Gasteiger charge is -2.10. The number of para-hydroxylation sites is 2. The number of nitrogens with one attached hydrogen (secondary N) is 2. The summed E-state index contributed by atoms with van der Waals surface area (Å²) in [4.78, 5) is 19.7. The molecule has 3 aromatic rings. The Balaban J connectivity index is 1.77. The van der Waals surface area contributed by atoms with E-state index in [-0.39, 0.29) is 22.8 Å². The average Bonchev–Trinajstić information content (AvgIpc) is 2.92. The van der Waals surface area contributed by atoms with Crippen molar-refractivity contribution in [2.45, 2.75) is 13.0 Å². The monoisotopic (exact) mass is 301 g/mol. The summed E-state index contributed by atoms with van der Waals surface area (Å²) < 4.78 is 0. The smallest absolute Gasteiger partial charge is 0.272 e. The van der Waals surface area contributed by atoms with Crippen LogP contribution in [0.2, 0.25) is 5.15 Å². The Hall–Kier alpha value is -2.47. The zero-order chi connectivity index (χ0) is 14.8. The summed E-state index contributed by atoms with van der Waals surface area (Å²) in [5, 5.41) is 10.5. The number of hydrogen-bond acceptors (Lipinski definition) is 4. The van der Waals surface area contributed by atoms with E-state index in [0.29, 0.717) is 5.82 Å². The van der Waals surface area contributed by atoms with Gasteiger partial charge in [-0.1, -0.05) is 23.7 Å². The van der Waals surface area contributed by atoms with Gasteiger partial charge in [-0.05, 0) is 31.2 Å². The summed E-state index contributed by atoms with van der Waals surface area (Å²) in [6, 6.07) is 10.5. The van der Waals surface area contributed by atoms with Crippen molar-refractivity contribution in [3.05, 3.63) is 53.1 Å². The highest BCUT2D eigenvalue weighted by Crippen LogP contribution is 2.15. The highest BCUT2D eigenvalue weighted by molar-refractivity contribution is 6.29. The Morgan fingerprint density at radius 1 is 1.24 bits per heavy atom. The molecule has 7 heteroatoms. The van der Waals surface area contributed by atoms with E-state index in [9.17, 15) is 4.79 Å². The molecule has 1 aromatic carbocycles. The van der Waals surface area contributed by atoms with Crippen LogP contribution in [0.4, 0.5) is 0 Å². The molecule has 2 aromatic heterocycles. The van der Waals surface area contributed by atoms with Crippen LogP contribution in [0.5, 0.6) is 0 Å². The fraction of sp³-hybridized carbons (Fsp3) is 0.143. The van der Waals surface area contributed by atoms with E-state index in [0.717, 1.165) is 11.0 Å². The predicted octanol–water partition coefficient (Wildman–Crippen LogP) is 2.50. The van der Waals surface area contributed by atoms with E-state index in [1.165, 1.54) is 12.1 Å². The predicted molar refractivity (Wildman–Crippen MR) is 79.0 cm³/mol. The second-order valence-electron chi connectivity index (χ2n) is 4.58. The van der Waals surface area contributed by atoms with E-state index in [2.05, 4.69) is 25.5 Å². The first-order valence-corrected chi connectivity index (χ1v) is 6.76. The lowest BCUT2D eigenvalue weighted by atomic mass is 10.3. The number of nitrogens with zero attached hydrogens (tertiary/aromatic N) is 3. The van der Waals surface area contributed by atoms with E-state index in [1.54, 1.807) is 0 Å². The largest absolute Gasteiger partial charge is 0.341 e. The molecule has 6 nitrogen and oxygen atoms in total. The number of H-pyrrole nitrogens is 1. The molecule has 0 fully saturated rings. The fourth-order valence-electron chi connectivity index (χ4n) is 1.95. The highest BCUT2D eigenvalue weighted by atomic mass is 35.5. The number of halogens is 1. The molecule has 1 atom stereocenters. The van der Waals surface area contributed by atoms with Gasteiger partial charge in [0, 0.05) is 0 Å². The number of amides is 1. The second-order valence-corrected chi connectivity index (χ2v) is 4.96. The van der Waals surface area contributed by atoms with Crippen molar-refractivity contribution < 1.29 is 4.79 Å². The summed E-state index contributed by atoms with van der Waals surface area (Å²) in [5.41, 5.74) is 2.00. The summed E-state index contributed by atoms with van der Waals surface area (Å²) in [5.74, 6) is 0.360. The number of carbonyl (C=O) groups is 1. The van der Waals surface area contributed by atoms with Gasteiger partial charge in [-0.3, -0.25) is 4.79 Å². The van der Waals surface area contributed by atoms with E-state index in [4.69, 9.17) is 11.6 Å². The Labute approximate surface area is 125 Å². The van der Waals surface area contributed by atoms with Gasteiger partial charge in [0.15, 0.2) is 10.8 Å². The maximum Gasteiger partial charge on any atom is 0.272 e. The van der Waals surface area contributed by atoms with Gasteiger partial charge in [0.1, 0.15) is 5.82 Å². The van der Waals surface area contributed by atoms with Crippen LogP contribution in [0, 0.1) is 0 Å². The zero-order valence-corrected chi connectivity index (χ0v) is 11.9. The number of aromatic nitrogens is 4. The van der Waals surface area contributed by atoms with Crippen molar-refractivity contribution in [3.8, 4) is 0 Å². The maximum absolute atomic E-state index is 12.1. The summed E-state index contributed by atoms with van der Waals surface area (Å²) >= 11 is 5.64. The molecular weight excluding hydrogens is 290 g/mol. The van der Waals surface area contributed by atoms with Crippen molar-refractivity contribution in [2.24, 2.45) is 0 Å². The summed E-state index contributed by atoms with van der Waals surface area (Å²) in [6.45, 7) is 1.85. The minimum atomic E-state index is -0.327. The van der Waals surface area contributed by atoms with E-state index < -0.39 is 0 Å². The van der Waals surface area contributed by atoms with Gasteiger partial charge >= 0.3 is 0 Å². The molecule has 1 amide bonds. The third kappa shape index (κ3) is 2.85. The number of rotatable bonds is 3. The molecule has 0 spiro atoms. The van der Waals surface area contributed by atoms with Crippen LogP contribution in [0.25, 0.3) is 11.0 Å². The molecule has 0 radical (unpaired) electrons. The van der Waals surface area contributed by atoms with Crippen molar-refractivity contribution >= 4 is 28.5 Å². The molecule has 0 bridgehead atoms. The van der Waals surface area contributed by atoms with Gasteiger partial charge in [-0.25, -0.2) is 4.98 Å². The first-order chi connectivity index (χ1) is 10.1. The van der Waals surface area contributed by atoms with Crippen LogP contribution in [0.1, 0.15) is 29.3 Å². The van der Waals surface area contributed by atoms with Crippen LogP contribution in [-0.4, -0.2) is 26.1 Å². The molecule has 0 saturated carbocycles. The minimum Gasteiger partial charge on any atom is -0.341 e. The molecule has 106 valence electrons. The number of aromatic amines is 1. The second kappa shape index (κ2) is 5.49. The molecule has 0 aliphatic rings. The fourth-order valence-corrected chi connectivity index (χ4v) is 2.05. The molecule has 21 heavy (non-hydrogen) atoms. The standard InChI is InChI=1S/C14H12ClN5O/c1-8(13-17-9-4-2-3-5-10(9)18-13)16-14(21)11-6-7-12(15)20-19-11/h2-8H,1H3,(H,16,21)(H,17,18). The Morgan fingerprint density at radius 2 is 2.05 bits per heavy atom. The molecule has 0 saturated heterocycles. The lowest BCUT2D eigenvalue weighted by Crippen LogP contribution is -2.28. The van der Waals surface area contributed by atoms with Gasteiger partial charge in [-0.15, -0.1) is 10.2 Å². The van der Waals surface area contributed by atoms with Crippen LogP contribution in [-0.2, 0) is 0 Å². The van der Waals surface area contributed by atoms with Gasteiger partial charge in [0.2, 0.25) is 0 Å². The van der Waals surface area contributed by atoms with Crippen LogP contribution in [0.15, 0.2) is 36.4 Å². The molecule has 0 aliphatic carbocycles. The van der Waals surface area contributed by atoms with Crippen molar-refractivity contribution in [1.29, 1.82) is 0 Å². The number of carbonyl (C=O) groups excluding carboxylic acids is 1. The third-order valence-corrected chi connectivity index (χ3v) is 3.23. The summed E-state index contributed by atoms with van der Waals surface area (Å²) in [7, 11) is 0. The Morgan fingerprint density at radius 3 is 2.76 bits per heavy atom. The molecule has 2 heterocycles. The van der Waals surface area contributed by atoms with E-state index in [1.807, 2.05) is 31.2 Å². The molecule has 0 aliphatic heterocycles. The first kappa shape index (κ1) is 13.5. The van der Waals surface area contributed by atoms with Crippen molar-refractivity contribution in [2.75, 3.05) is 0 Å². The highest BCUT2D eigenvalue weighted by Gasteiger charge is 2.15. The molecule has 2 N–H and O–H groups in total. The zero-order valence-electron chi connectivity index (χ0n) is 11.2. The van der Waals surface area contributed by atoms with Gasteiger partial charge in [0.05, 0.1) is 17.1 Å². The van der Waals surface area contributed by atoms with Gasteiger partial charge < -0.3 is 10.3 Å². The van der Waals surface area contributed by atoms with Crippen molar-refractivity contribution in [3.63, 3.8) is 0 Å². The number of hydrogen-bond donors (Lipinski definition) is 2. The quantitative estimate of drug-likeness (QED) is 0.778. The van der Waals surface area contributed by atoms with Crippen molar-refractivity contribution in [1.82, 2.24) is 25.5 Å². The topological polar surface area (TPSA) is 83.6 Å². The number of fused-ring (bicyclic) bond motifs is 1. The molecular formula is C14H12ClN5O. The van der Waals surface area contributed by atoms with Crippen LogP contribution < -0.4 is 5.32 Å². The van der Waals surface area contributed by atoms with Crippen LogP contribution >= 0.6 is 11.6 Å². The molecule has 1 unspecified atom stereocenters. The lowest BCUT2D eigenvalue weighted by molar-refractivity contribution is 0.0932. The summed E-state index contributed by atoms with van der Waals surface area (Å²) in [6.07, 6.45) is 0. The number of benzene rings is 1. The Kier molecular flexibility index (Phi) is 3.53. The van der Waals surface area contributed by atoms with Gasteiger partial charge in [0.25, 0.3) is 5.91 Å². The maximum atomic E-state index is 12.1. The normalized spacial score (nSPS) is 12.3. The van der Waals surface area contributed by atoms with E-state index >= 15 is 0 Å². The molecule has 3 rings (SSSR count).